The number of nitrogens with zero attached hydrogens (tertiary/aromatic N) is 3. The SMILES string of the molecule is COc1ccccc1-n1c(SCc2cccc([N+](=O)[O-])c2)nc2ccccc2c1=O. The lowest BCUT2D eigenvalue weighted by Gasteiger charge is -2.15. The predicted octanol–water partition coefficient (Wildman–Crippen LogP) is 4.59. The number of hydrogen-bond acceptors (Lipinski definition) is 6. The Balaban J connectivity index is 1.83. The number of methoxy groups -OCH3 is 1. The minimum atomic E-state index is -0.423. The van der Waals surface area contributed by atoms with Gasteiger partial charge >= 0.3 is 0 Å². The molecule has 3 aromatic carbocycles. The Labute approximate surface area is 176 Å². The van der Waals surface area contributed by atoms with E-state index in [1.807, 2.05) is 24.3 Å². The average Bonchev–Trinajstić information content (AvgIpc) is 2.78. The smallest absolute Gasteiger partial charge is 0.269 e. The molecule has 0 amide bonds. The summed E-state index contributed by atoms with van der Waals surface area (Å²) < 4.78 is 6.99. The van der Waals surface area contributed by atoms with Gasteiger partial charge in [0, 0.05) is 17.9 Å². The van der Waals surface area contributed by atoms with Crippen LogP contribution in [0.2, 0.25) is 0 Å². The molecule has 0 atom stereocenters. The van der Waals surface area contributed by atoms with E-state index in [9.17, 15) is 14.9 Å². The van der Waals surface area contributed by atoms with E-state index < -0.39 is 4.92 Å². The molecule has 4 aromatic rings. The first-order valence-corrected chi connectivity index (χ1v) is 10.1. The molecule has 0 aliphatic heterocycles. The molecule has 0 fully saturated rings. The standard InChI is InChI=1S/C22H17N3O4S/c1-29-20-12-5-4-11-19(20)24-21(26)17-9-2-3-10-18(17)23-22(24)30-14-15-7-6-8-16(13-15)25(27)28/h2-13H,14H2,1H3. The maximum Gasteiger partial charge on any atom is 0.269 e. The number of non-ortho nitro benzene ring substituents is 1. The van der Waals surface area contributed by atoms with Crippen molar-refractivity contribution in [1.82, 2.24) is 9.55 Å². The minimum Gasteiger partial charge on any atom is -0.495 e. The topological polar surface area (TPSA) is 87.3 Å². The highest BCUT2D eigenvalue weighted by Crippen LogP contribution is 2.29. The van der Waals surface area contributed by atoms with Gasteiger partial charge in [-0.3, -0.25) is 19.5 Å². The fourth-order valence-corrected chi connectivity index (χ4v) is 4.09. The van der Waals surface area contributed by atoms with Crippen molar-refractivity contribution in [3.8, 4) is 11.4 Å². The summed E-state index contributed by atoms with van der Waals surface area (Å²) in [4.78, 5) is 28.7. The van der Waals surface area contributed by atoms with Gasteiger partial charge in [-0.05, 0) is 29.8 Å². The van der Waals surface area contributed by atoms with E-state index in [2.05, 4.69) is 0 Å². The van der Waals surface area contributed by atoms with Crippen molar-refractivity contribution in [3.63, 3.8) is 0 Å². The van der Waals surface area contributed by atoms with E-state index in [1.54, 1.807) is 43.5 Å². The molecule has 1 aromatic heterocycles. The second kappa shape index (κ2) is 8.38. The molecule has 0 saturated carbocycles. The third-order valence-electron chi connectivity index (χ3n) is 4.56. The first-order valence-electron chi connectivity index (χ1n) is 9.10. The Morgan fingerprint density at radius 1 is 1.07 bits per heavy atom. The van der Waals surface area contributed by atoms with Crippen LogP contribution in [0.4, 0.5) is 5.69 Å². The summed E-state index contributed by atoms with van der Waals surface area (Å²) in [5, 5.41) is 12.0. The first kappa shape index (κ1) is 19.7. The Kier molecular flexibility index (Phi) is 5.49. The van der Waals surface area contributed by atoms with Gasteiger partial charge in [-0.1, -0.05) is 48.2 Å². The van der Waals surface area contributed by atoms with Crippen molar-refractivity contribution in [2.75, 3.05) is 7.11 Å². The lowest BCUT2D eigenvalue weighted by atomic mass is 10.2. The monoisotopic (exact) mass is 419 g/mol. The first-order chi connectivity index (χ1) is 14.6. The summed E-state index contributed by atoms with van der Waals surface area (Å²) in [6.07, 6.45) is 0. The molecular formula is C22H17N3O4S. The molecule has 8 heteroatoms. The van der Waals surface area contributed by atoms with Crippen molar-refractivity contribution < 1.29 is 9.66 Å². The van der Waals surface area contributed by atoms with Gasteiger partial charge < -0.3 is 4.74 Å². The van der Waals surface area contributed by atoms with Crippen molar-refractivity contribution in [1.29, 1.82) is 0 Å². The van der Waals surface area contributed by atoms with E-state index in [1.165, 1.54) is 28.5 Å². The molecule has 0 aliphatic carbocycles. The van der Waals surface area contributed by atoms with Gasteiger partial charge in [-0.15, -0.1) is 0 Å². The van der Waals surface area contributed by atoms with Crippen molar-refractivity contribution in [2.24, 2.45) is 0 Å². The molecule has 0 saturated heterocycles. The zero-order valence-corrected chi connectivity index (χ0v) is 16.8. The molecule has 0 bridgehead atoms. The fourth-order valence-electron chi connectivity index (χ4n) is 3.14. The Hall–Kier alpha value is -3.65. The van der Waals surface area contributed by atoms with Crippen LogP contribution in [0.1, 0.15) is 5.56 Å². The number of nitro benzene ring substituents is 1. The van der Waals surface area contributed by atoms with E-state index in [0.29, 0.717) is 33.2 Å². The van der Waals surface area contributed by atoms with Crippen molar-refractivity contribution in [3.05, 3.63) is 98.8 Å². The van der Waals surface area contributed by atoms with Crippen LogP contribution in [0, 0.1) is 10.1 Å². The lowest BCUT2D eigenvalue weighted by molar-refractivity contribution is -0.384. The van der Waals surface area contributed by atoms with Crippen LogP contribution in [0.5, 0.6) is 5.75 Å². The van der Waals surface area contributed by atoms with Gasteiger partial charge in [-0.2, -0.15) is 0 Å². The van der Waals surface area contributed by atoms with Gasteiger partial charge in [0.1, 0.15) is 5.75 Å². The summed E-state index contributed by atoms with van der Waals surface area (Å²) >= 11 is 1.34. The summed E-state index contributed by atoms with van der Waals surface area (Å²) in [6.45, 7) is 0. The van der Waals surface area contributed by atoms with Crippen LogP contribution in [0.25, 0.3) is 16.6 Å². The largest absolute Gasteiger partial charge is 0.495 e. The molecule has 7 nitrogen and oxygen atoms in total. The van der Waals surface area contributed by atoms with Gasteiger partial charge in [0.05, 0.1) is 28.6 Å². The molecule has 150 valence electrons. The van der Waals surface area contributed by atoms with Gasteiger partial charge in [0.2, 0.25) is 0 Å². The van der Waals surface area contributed by atoms with Gasteiger partial charge in [0.15, 0.2) is 5.16 Å². The van der Waals surface area contributed by atoms with Crippen molar-refractivity contribution >= 4 is 28.4 Å². The maximum atomic E-state index is 13.3. The Bertz CT molecular complexity index is 1300. The number of benzene rings is 3. The van der Waals surface area contributed by atoms with E-state index >= 15 is 0 Å². The number of fused-ring (bicyclic) bond motifs is 1. The molecule has 4 rings (SSSR count). The Morgan fingerprint density at radius 3 is 2.63 bits per heavy atom. The van der Waals surface area contributed by atoms with Gasteiger partial charge in [-0.25, -0.2) is 4.98 Å². The molecule has 30 heavy (non-hydrogen) atoms. The number of aromatic nitrogens is 2. The molecule has 0 N–H and O–H groups in total. The average molecular weight is 419 g/mol. The highest BCUT2D eigenvalue weighted by molar-refractivity contribution is 7.98. The lowest BCUT2D eigenvalue weighted by Crippen LogP contribution is -2.22. The highest BCUT2D eigenvalue weighted by atomic mass is 32.2. The second-order valence-electron chi connectivity index (χ2n) is 6.44. The van der Waals surface area contributed by atoms with Gasteiger partial charge in [0.25, 0.3) is 11.2 Å². The highest BCUT2D eigenvalue weighted by Gasteiger charge is 2.16. The Morgan fingerprint density at radius 2 is 1.83 bits per heavy atom. The number of hydrogen-bond donors (Lipinski definition) is 0. The summed E-state index contributed by atoms with van der Waals surface area (Å²) in [7, 11) is 1.55. The van der Waals surface area contributed by atoms with Crippen LogP contribution in [-0.2, 0) is 5.75 Å². The number of rotatable bonds is 6. The number of para-hydroxylation sites is 3. The third-order valence-corrected chi connectivity index (χ3v) is 5.57. The molecule has 0 aliphatic rings. The van der Waals surface area contributed by atoms with E-state index in [0.717, 1.165) is 5.56 Å². The number of nitro groups is 1. The second-order valence-corrected chi connectivity index (χ2v) is 7.38. The molecular weight excluding hydrogens is 402 g/mol. The normalized spacial score (nSPS) is 10.8. The summed E-state index contributed by atoms with van der Waals surface area (Å²) in [5.41, 5.74) is 1.77. The fraction of sp³-hybridized carbons (Fsp3) is 0.0909. The minimum absolute atomic E-state index is 0.0293. The summed E-state index contributed by atoms with van der Waals surface area (Å²) in [6, 6.07) is 20.8. The van der Waals surface area contributed by atoms with Crippen LogP contribution < -0.4 is 10.3 Å². The molecule has 0 unspecified atom stereocenters. The van der Waals surface area contributed by atoms with Crippen LogP contribution in [0.15, 0.2) is 82.7 Å². The van der Waals surface area contributed by atoms with Crippen LogP contribution in [-0.4, -0.2) is 21.6 Å². The van der Waals surface area contributed by atoms with E-state index in [4.69, 9.17) is 9.72 Å². The number of ether oxygens (including phenoxy) is 1. The van der Waals surface area contributed by atoms with E-state index in [-0.39, 0.29) is 11.2 Å². The zero-order chi connectivity index (χ0) is 21.1. The van der Waals surface area contributed by atoms with Crippen molar-refractivity contribution in [2.45, 2.75) is 10.9 Å². The van der Waals surface area contributed by atoms with Crippen LogP contribution in [0.3, 0.4) is 0 Å². The summed E-state index contributed by atoms with van der Waals surface area (Å²) in [5.74, 6) is 0.968. The number of thioether (sulfide) groups is 1. The van der Waals surface area contributed by atoms with Crippen LogP contribution >= 0.6 is 11.8 Å². The molecule has 1 heterocycles. The third kappa shape index (κ3) is 3.77. The predicted molar refractivity (Wildman–Crippen MR) is 117 cm³/mol. The zero-order valence-electron chi connectivity index (χ0n) is 16.0. The molecule has 0 spiro atoms. The maximum absolute atomic E-state index is 13.3. The molecule has 0 radical (unpaired) electrons. The quantitative estimate of drug-likeness (QED) is 0.197.